The zero-order valence-electron chi connectivity index (χ0n) is 16.2. The predicted molar refractivity (Wildman–Crippen MR) is 102 cm³/mol. The van der Waals surface area contributed by atoms with E-state index in [2.05, 4.69) is 10.6 Å². The van der Waals surface area contributed by atoms with E-state index in [1.807, 2.05) is 44.2 Å². The fourth-order valence-electron chi connectivity index (χ4n) is 2.26. The number of hydrogen-bond acceptors (Lipinski definition) is 4. The van der Waals surface area contributed by atoms with Crippen molar-refractivity contribution in [2.24, 2.45) is 5.92 Å². The Kier molecular flexibility index (Phi) is 9.05. The van der Waals surface area contributed by atoms with Gasteiger partial charge in [-0.15, -0.1) is 0 Å². The van der Waals surface area contributed by atoms with Crippen molar-refractivity contribution in [2.75, 3.05) is 0 Å². The molecule has 0 heterocycles. The van der Waals surface area contributed by atoms with Crippen LogP contribution in [0, 0.1) is 5.92 Å². The largest absolute Gasteiger partial charge is 0.480 e. The number of carbonyl (C=O) groups excluding carboxylic acids is 2. The average Bonchev–Trinajstić information content (AvgIpc) is 2.61. The zero-order chi connectivity index (χ0) is 20.4. The van der Waals surface area contributed by atoms with E-state index in [0.717, 1.165) is 11.1 Å². The highest BCUT2D eigenvalue weighted by Gasteiger charge is 2.28. The van der Waals surface area contributed by atoms with Gasteiger partial charge >= 0.3 is 12.1 Å². The quantitative estimate of drug-likeness (QED) is 0.575. The number of carbonyl (C=O) groups is 3. The van der Waals surface area contributed by atoms with Gasteiger partial charge in [0.25, 0.3) is 0 Å². The maximum absolute atomic E-state index is 12.5. The first-order valence-corrected chi connectivity index (χ1v) is 8.84. The Bertz CT molecular complexity index is 666. The first-order valence-electron chi connectivity index (χ1n) is 8.84. The van der Waals surface area contributed by atoms with E-state index >= 15 is 0 Å². The molecule has 148 valence electrons. The monoisotopic (exact) mass is 376 g/mol. The summed E-state index contributed by atoms with van der Waals surface area (Å²) in [5.41, 5.74) is 1.78. The molecule has 7 nitrogen and oxygen atoms in total. The van der Waals surface area contributed by atoms with E-state index in [1.54, 1.807) is 19.9 Å². The lowest BCUT2D eigenvalue weighted by atomic mass is 10.0. The summed E-state index contributed by atoms with van der Waals surface area (Å²) in [7, 11) is 0. The van der Waals surface area contributed by atoms with Gasteiger partial charge in [-0.1, -0.05) is 55.8 Å². The third kappa shape index (κ3) is 8.40. The second-order valence-corrected chi connectivity index (χ2v) is 6.84. The third-order valence-electron chi connectivity index (χ3n) is 3.81. The first kappa shape index (κ1) is 22.2. The number of hydrogen-bond donors (Lipinski definition) is 3. The summed E-state index contributed by atoms with van der Waals surface area (Å²) < 4.78 is 5.13. The van der Waals surface area contributed by atoms with E-state index < -0.39 is 30.1 Å². The molecule has 0 saturated carbocycles. The van der Waals surface area contributed by atoms with Crippen LogP contribution in [0.5, 0.6) is 0 Å². The van der Waals surface area contributed by atoms with Crippen LogP contribution in [-0.4, -0.2) is 35.2 Å². The molecule has 27 heavy (non-hydrogen) atoms. The van der Waals surface area contributed by atoms with E-state index in [9.17, 15) is 19.5 Å². The summed E-state index contributed by atoms with van der Waals surface area (Å²) in [5, 5.41) is 14.3. The number of allylic oxidation sites excluding steroid dienone is 1. The molecule has 0 saturated heterocycles. The highest BCUT2D eigenvalue weighted by molar-refractivity contribution is 5.89. The lowest BCUT2D eigenvalue weighted by molar-refractivity contribution is -0.142. The predicted octanol–water partition coefficient (Wildman–Crippen LogP) is 2.86. The summed E-state index contributed by atoms with van der Waals surface area (Å²) in [6.45, 7) is 7.29. The maximum atomic E-state index is 12.5. The number of aliphatic carboxylic acids is 1. The van der Waals surface area contributed by atoms with E-state index in [4.69, 9.17) is 4.74 Å². The van der Waals surface area contributed by atoms with Gasteiger partial charge in [0.2, 0.25) is 5.91 Å². The molecule has 2 amide bonds. The van der Waals surface area contributed by atoms with Gasteiger partial charge in [0.05, 0.1) is 0 Å². The number of carboxylic acid groups (broad SMARTS) is 1. The van der Waals surface area contributed by atoms with Gasteiger partial charge < -0.3 is 20.5 Å². The molecule has 2 atom stereocenters. The van der Waals surface area contributed by atoms with E-state index in [0.29, 0.717) is 0 Å². The van der Waals surface area contributed by atoms with Crippen LogP contribution in [0.2, 0.25) is 0 Å². The minimum Gasteiger partial charge on any atom is -0.480 e. The number of alkyl carbamates (subject to hydrolysis) is 1. The van der Waals surface area contributed by atoms with E-state index in [1.165, 1.54) is 0 Å². The Morgan fingerprint density at radius 2 is 1.74 bits per heavy atom. The van der Waals surface area contributed by atoms with Crippen LogP contribution in [0.1, 0.15) is 39.7 Å². The van der Waals surface area contributed by atoms with Crippen molar-refractivity contribution in [1.82, 2.24) is 10.6 Å². The minimum atomic E-state index is -1.13. The van der Waals surface area contributed by atoms with Gasteiger partial charge in [0.15, 0.2) is 0 Å². The lowest BCUT2D eigenvalue weighted by Crippen LogP contribution is -2.53. The molecule has 3 N–H and O–H groups in total. The molecule has 0 aliphatic rings. The highest BCUT2D eigenvalue weighted by Crippen LogP contribution is 2.07. The molecule has 0 spiro atoms. The van der Waals surface area contributed by atoms with Gasteiger partial charge in [-0.3, -0.25) is 4.79 Å². The van der Waals surface area contributed by atoms with Crippen molar-refractivity contribution in [3.8, 4) is 0 Å². The van der Waals surface area contributed by atoms with Crippen LogP contribution in [0.3, 0.4) is 0 Å². The summed E-state index contributed by atoms with van der Waals surface area (Å²) >= 11 is 0. The molecule has 0 aliphatic carbocycles. The summed E-state index contributed by atoms with van der Waals surface area (Å²) in [4.78, 5) is 35.9. The standard InChI is InChI=1S/C20H28N2O5/c1-13(2)10-11-16(19(24)25)21-18(23)17(14(3)4)22-20(26)27-12-15-8-6-5-7-9-15/h5-10,14,16-17H,11-12H2,1-4H3,(H,21,23)(H,22,26)(H,24,25)/t16-,17+/m0/s1. The molecular formula is C20H28N2O5. The zero-order valence-corrected chi connectivity index (χ0v) is 16.2. The van der Waals surface area contributed by atoms with Crippen LogP contribution in [0.25, 0.3) is 0 Å². The molecule has 0 bridgehead atoms. The molecule has 0 radical (unpaired) electrons. The molecule has 1 rings (SSSR count). The van der Waals surface area contributed by atoms with Crippen LogP contribution in [-0.2, 0) is 20.9 Å². The summed E-state index contributed by atoms with van der Waals surface area (Å²) in [6, 6.07) is 7.20. The normalized spacial score (nSPS) is 12.6. The van der Waals surface area contributed by atoms with Gasteiger partial charge in [-0.05, 0) is 31.7 Å². The van der Waals surface area contributed by atoms with Gasteiger partial charge in [-0.2, -0.15) is 0 Å². The molecule has 0 aromatic heterocycles. The van der Waals surface area contributed by atoms with Gasteiger partial charge in [0.1, 0.15) is 18.7 Å². The fraction of sp³-hybridized carbons (Fsp3) is 0.450. The number of ether oxygens (including phenoxy) is 1. The Morgan fingerprint density at radius 1 is 1.11 bits per heavy atom. The molecule has 0 unspecified atom stereocenters. The summed E-state index contributed by atoms with van der Waals surface area (Å²) in [5.74, 6) is -1.93. The SMILES string of the molecule is CC(C)=CC[C@H](NC(=O)[C@H](NC(=O)OCc1ccccc1)C(C)C)C(=O)O. The number of amides is 2. The molecule has 0 fully saturated rings. The fourth-order valence-corrected chi connectivity index (χ4v) is 2.26. The molecule has 1 aromatic rings. The van der Waals surface area contributed by atoms with Crippen LogP contribution in [0.15, 0.2) is 42.0 Å². The van der Waals surface area contributed by atoms with Crippen LogP contribution < -0.4 is 10.6 Å². The van der Waals surface area contributed by atoms with Crippen molar-refractivity contribution in [3.05, 3.63) is 47.5 Å². The molecule has 7 heteroatoms. The second-order valence-electron chi connectivity index (χ2n) is 6.84. The lowest BCUT2D eigenvalue weighted by Gasteiger charge is -2.23. The molecular weight excluding hydrogens is 348 g/mol. The van der Waals surface area contributed by atoms with Gasteiger partial charge in [-0.25, -0.2) is 9.59 Å². The number of benzene rings is 1. The van der Waals surface area contributed by atoms with Crippen molar-refractivity contribution >= 4 is 18.0 Å². The minimum absolute atomic E-state index is 0.0808. The molecule has 0 aliphatic heterocycles. The second kappa shape index (κ2) is 11.0. The maximum Gasteiger partial charge on any atom is 0.408 e. The van der Waals surface area contributed by atoms with Gasteiger partial charge in [0, 0.05) is 0 Å². The van der Waals surface area contributed by atoms with Crippen molar-refractivity contribution in [2.45, 2.75) is 52.8 Å². The Balaban J connectivity index is 2.67. The van der Waals surface area contributed by atoms with Crippen molar-refractivity contribution in [3.63, 3.8) is 0 Å². The average molecular weight is 376 g/mol. The summed E-state index contributed by atoms with van der Waals surface area (Å²) in [6.07, 6.45) is 1.18. The number of nitrogens with one attached hydrogen (secondary N) is 2. The third-order valence-corrected chi connectivity index (χ3v) is 3.81. The molecule has 1 aromatic carbocycles. The smallest absolute Gasteiger partial charge is 0.408 e. The topological polar surface area (TPSA) is 105 Å². The number of rotatable bonds is 9. The highest BCUT2D eigenvalue weighted by atomic mass is 16.5. The first-order chi connectivity index (χ1) is 12.7. The Labute approximate surface area is 159 Å². The van der Waals surface area contributed by atoms with Crippen molar-refractivity contribution < 1.29 is 24.2 Å². The van der Waals surface area contributed by atoms with E-state index in [-0.39, 0.29) is 18.9 Å². The number of carboxylic acids is 1. The Morgan fingerprint density at radius 3 is 2.26 bits per heavy atom. The van der Waals surface area contributed by atoms with Crippen molar-refractivity contribution in [1.29, 1.82) is 0 Å². The van der Waals surface area contributed by atoms with Crippen LogP contribution in [0.4, 0.5) is 4.79 Å². The van der Waals surface area contributed by atoms with Crippen LogP contribution >= 0.6 is 0 Å². The Hall–Kier alpha value is -2.83.